The third-order valence-electron chi connectivity index (χ3n) is 2.31. The second-order valence-corrected chi connectivity index (χ2v) is 4.51. The highest BCUT2D eigenvalue weighted by Gasteiger charge is 2.27. The van der Waals surface area contributed by atoms with Gasteiger partial charge in [0.2, 0.25) is 5.28 Å². The Labute approximate surface area is 104 Å². The number of halogens is 2. The van der Waals surface area contributed by atoms with Gasteiger partial charge >= 0.3 is 0 Å². The van der Waals surface area contributed by atoms with Gasteiger partial charge in [-0.3, -0.25) is 0 Å². The van der Waals surface area contributed by atoms with E-state index in [1.807, 2.05) is 13.8 Å². The number of aromatic nitrogens is 2. The maximum absolute atomic E-state index is 6.06. The van der Waals surface area contributed by atoms with Crippen LogP contribution in [0.25, 0.3) is 0 Å². The summed E-state index contributed by atoms with van der Waals surface area (Å²) >= 11 is 11.8. The van der Waals surface area contributed by atoms with Crippen LogP contribution >= 0.6 is 23.2 Å². The quantitative estimate of drug-likeness (QED) is 0.607. The van der Waals surface area contributed by atoms with E-state index in [0.717, 1.165) is 5.69 Å². The van der Waals surface area contributed by atoms with Gasteiger partial charge in [0.15, 0.2) is 6.29 Å². The van der Waals surface area contributed by atoms with Crippen molar-refractivity contribution >= 4 is 23.2 Å². The molecular weight excluding hydrogens is 251 g/mol. The molecule has 0 amide bonds. The Bertz CT molecular complexity index is 393. The van der Waals surface area contributed by atoms with E-state index >= 15 is 0 Å². The van der Waals surface area contributed by atoms with Gasteiger partial charge in [-0.25, -0.2) is 9.97 Å². The van der Waals surface area contributed by atoms with Gasteiger partial charge in [0, 0.05) is 0 Å². The Morgan fingerprint density at radius 3 is 2.38 bits per heavy atom. The van der Waals surface area contributed by atoms with E-state index in [1.165, 1.54) is 0 Å². The smallest absolute Gasteiger partial charge is 0.224 e. The Kier molecular flexibility index (Phi) is 3.64. The molecule has 1 aliphatic heterocycles. The number of hydrogen-bond donors (Lipinski definition) is 0. The summed E-state index contributed by atoms with van der Waals surface area (Å²) in [5.74, 6) is 0.181. The summed E-state index contributed by atoms with van der Waals surface area (Å²) in [6.07, 6.45) is -0.470. The molecule has 1 fully saturated rings. The van der Waals surface area contributed by atoms with E-state index in [2.05, 4.69) is 9.97 Å². The van der Waals surface area contributed by atoms with Crippen LogP contribution < -0.4 is 0 Å². The van der Waals surface area contributed by atoms with Crippen LogP contribution in [0.15, 0.2) is 0 Å². The predicted octanol–water partition coefficient (Wildman–Crippen LogP) is 2.95. The molecule has 2 heterocycles. The third kappa shape index (κ3) is 2.30. The fourth-order valence-corrected chi connectivity index (χ4v) is 2.10. The van der Waals surface area contributed by atoms with Crippen molar-refractivity contribution in [2.75, 3.05) is 13.2 Å². The lowest BCUT2D eigenvalue weighted by atomic mass is 10.1. The molecule has 0 spiro atoms. The molecule has 1 aliphatic rings. The van der Waals surface area contributed by atoms with Crippen LogP contribution in [0.2, 0.25) is 10.4 Å². The molecule has 0 atom stereocenters. The second kappa shape index (κ2) is 4.84. The number of nitrogens with zero attached hydrogens (tertiary/aromatic N) is 2. The van der Waals surface area contributed by atoms with Crippen molar-refractivity contribution in [1.82, 2.24) is 9.97 Å². The molecule has 4 nitrogen and oxygen atoms in total. The maximum Gasteiger partial charge on any atom is 0.224 e. The molecule has 1 aromatic rings. The molecule has 1 saturated heterocycles. The molecule has 2 rings (SSSR count). The first-order valence-corrected chi connectivity index (χ1v) is 5.81. The van der Waals surface area contributed by atoms with Gasteiger partial charge in [0.25, 0.3) is 0 Å². The highest BCUT2D eigenvalue weighted by Crippen LogP contribution is 2.34. The fraction of sp³-hybridized carbons (Fsp3) is 0.600. The zero-order chi connectivity index (χ0) is 11.7. The summed E-state index contributed by atoms with van der Waals surface area (Å²) in [7, 11) is 0. The summed E-state index contributed by atoms with van der Waals surface area (Å²) in [5, 5.41) is 0.450. The Morgan fingerprint density at radius 1 is 1.19 bits per heavy atom. The van der Waals surface area contributed by atoms with Crippen molar-refractivity contribution in [2.24, 2.45) is 0 Å². The largest absolute Gasteiger partial charge is 0.346 e. The van der Waals surface area contributed by atoms with Crippen LogP contribution in [-0.2, 0) is 9.47 Å². The van der Waals surface area contributed by atoms with Gasteiger partial charge in [0.1, 0.15) is 5.15 Å². The van der Waals surface area contributed by atoms with Crippen molar-refractivity contribution in [1.29, 1.82) is 0 Å². The van der Waals surface area contributed by atoms with Gasteiger partial charge in [0.05, 0.1) is 24.5 Å². The zero-order valence-corrected chi connectivity index (χ0v) is 10.5. The number of rotatable bonds is 2. The number of hydrogen-bond acceptors (Lipinski definition) is 4. The van der Waals surface area contributed by atoms with Gasteiger partial charge in [-0.1, -0.05) is 25.4 Å². The summed E-state index contributed by atoms with van der Waals surface area (Å²) in [4.78, 5) is 8.11. The highest BCUT2D eigenvalue weighted by molar-refractivity contribution is 6.32. The van der Waals surface area contributed by atoms with E-state index in [1.54, 1.807) is 0 Å². The van der Waals surface area contributed by atoms with E-state index < -0.39 is 6.29 Å². The second-order valence-electron chi connectivity index (χ2n) is 3.81. The molecule has 1 aromatic heterocycles. The van der Waals surface area contributed by atoms with Crippen molar-refractivity contribution in [3.63, 3.8) is 0 Å². The van der Waals surface area contributed by atoms with E-state index in [4.69, 9.17) is 32.7 Å². The van der Waals surface area contributed by atoms with Crippen molar-refractivity contribution < 1.29 is 9.47 Å². The molecule has 0 saturated carbocycles. The van der Waals surface area contributed by atoms with Crippen LogP contribution in [0.5, 0.6) is 0 Å². The van der Waals surface area contributed by atoms with Gasteiger partial charge < -0.3 is 9.47 Å². The number of ether oxygens (including phenoxy) is 2. The Morgan fingerprint density at radius 2 is 1.81 bits per heavy atom. The third-order valence-corrected chi connectivity index (χ3v) is 2.76. The molecular formula is C10H12Cl2N2O2. The lowest BCUT2D eigenvalue weighted by Crippen LogP contribution is -2.09. The predicted molar refractivity (Wildman–Crippen MR) is 60.8 cm³/mol. The fourth-order valence-electron chi connectivity index (χ4n) is 1.61. The van der Waals surface area contributed by atoms with Gasteiger partial charge in [-0.05, 0) is 17.5 Å². The topological polar surface area (TPSA) is 44.2 Å². The lowest BCUT2D eigenvalue weighted by molar-refractivity contribution is -0.0453. The first kappa shape index (κ1) is 12.0. The summed E-state index contributed by atoms with van der Waals surface area (Å²) < 4.78 is 10.8. The van der Waals surface area contributed by atoms with Crippen LogP contribution in [0.4, 0.5) is 0 Å². The molecule has 0 radical (unpaired) electrons. The van der Waals surface area contributed by atoms with Crippen LogP contribution in [0.3, 0.4) is 0 Å². The Balaban J connectivity index is 2.48. The minimum Gasteiger partial charge on any atom is -0.346 e. The molecule has 0 aliphatic carbocycles. The first-order chi connectivity index (χ1) is 7.59. The molecule has 16 heavy (non-hydrogen) atoms. The Hall–Kier alpha value is -0.420. The van der Waals surface area contributed by atoms with Crippen molar-refractivity contribution in [3.8, 4) is 0 Å². The molecule has 0 unspecified atom stereocenters. The minimum atomic E-state index is -0.470. The van der Waals surface area contributed by atoms with Crippen LogP contribution in [-0.4, -0.2) is 23.2 Å². The molecule has 0 bridgehead atoms. The SMILES string of the molecule is CC(C)c1nc(Cl)nc(Cl)c1C1OCCO1. The zero-order valence-electron chi connectivity index (χ0n) is 9.04. The summed E-state index contributed by atoms with van der Waals surface area (Å²) in [6, 6.07) is 0. The van der Waals surface area contributed by atoms with E-state index in [0.29, 0.717) is 23.9 Å². The summed E-state index contributed by atoms with van der Waals surface area (Å²) in [6.45, 7) is 5.13. The maximum atomic E-state index is 6.06. The van der Waals surface area contributed by atoms with Crippen LogP contribution in [0, 0.1) is 0 Å². The minimum absolute atomic E-state index is 0.149. The monoisotopic (exact) mass is 262 g/mol. The molecule has 0 N–H and O–H groups in total. The standard InChI is InChI=1S/C10H12Cl2N2O2/c1-5(2)7-6(9-15-3-4-16-9)8(11)14-10(12)13-7/h5,9H,3-4H2,1-2H3. The molecule has 88 valence electrons. The van der Waals surface area contributed by atoms with Gasteiger partial charge in [-0.2, -0.15) is 0 Å². The normalized spacial score (nSPS) is 17.3. The highest BCUT2D eigenvalue weighted by atomic mass is 35.5. The summed E-state index contributed by atoms with van der Waals surface area (Å²) in [5.41, 5.74) is 1.47. The first-order valence-electron chi connectivity index (χ1n) is 5.05. The average molecular weight is 263 g/mol. The van der Waals surface area contributed by atoms with Crippen molar-refractivity contribution in [3.05, 3.63) is 21.7 Å². The van der Waals surface area contributed by atoms with E-state index in [-0.39, 0.29) is 11.2 Å². The lowest BCUT2D eigenvalue weighted by Gasteiger charge is -2.17. The average Bonchev–Trinajstić information content (AvgIpc) is 2.69. The molecule has 6 heteroatoms. The van der Waals surface area contributed by atoms with Gasteiger partial charge in [-0.15, -0.1) is 0 Å². The molecule has 0 aromatic carbocycles. The van der Waals surface area contributed by atoms with Crippen molar-refractivity contribution in [2.45, 2.75) is 26.1 Å². The van der Waals surface area contributed by atoms with Crippen LogP contribution in [0.1, 0.15) is 37.3 Å². The van der Waals surface area contributed by atoms with E-state index in [9.17, 15) is 0 Å².